The van der Waals surface area contributed by atoms with Gasteiger partial charge in [0.05, 0.1) is 11.4 Å². The van der Waals surface area contributed by atoms with Crippen molar-refractivity contribution in [2.45, 2.75) is 25.5 Å². The van der Waals surface area contributed by atoms with Gasteiger partial charge in [-0.3, -0.25) is 9.59 Å². The number of carbonyl (C=O) groups is 2. The van der Waals surface area contributed by atoms with E-state index in [1.54, 1.807) is 24.3 Å². The van der Waals surface area contributed by atoms with Gasteiger partial charge in [0.2, 0.25) is 11.8 Å². The second kappa shape index (κ2) is 7.51. The highest BCUT2D eigenvalue weighted by atomic mass is 35.5. The highest BCUT2D eigenvalue weighted by Crippen LogP contribution is 2.31. The quantitative estimate of drug-likeness (QED) is 0.491. The second-order valence-corrected chi connectivity index (χ2v) is 7.74. The molecule has 2 N–H and O–H groups in total. The molecule has 2 aromatic carbocycles. The molecule has 26 heavy (non-hydrogen) atoms. The van der Waals surface area contributed by atoms with Crippen LogP contribution in [0.25, 0.3) is 0 Å². The van der Waals surface area contributed by atoms with Crippen LogP contribution in [0.3, 0.4) is 0 Å². The zero-order chi connectivity index (χ0) is 18.8. The number of carbonyl (C=O) groups excluding carboxylic acids is 2. The number of nitrogens with zero attached hydrogens (tertiary/aromatic N) is 2. The third kappa shape index (κ3) is 3.92. The summed E-state index contributed by atoms with van der Waals surface area (Å²) in [4.78, 5) is 30.5. The van der Waals surface area contributed by atoms with Crippen molar-refractivity contribution in [1.29, 1.82) is 0 Å². The Labute approximate surface area is 161 Å². The lowest BCUT2D eigenvalue weighted by Crippen LogP contribution is -2.31. The average molecular weight is 388 g/mol. The van der Waals surface area contributed by atoms with E-state index >= 15 is 0 Å². The third-order valence-corrected chi connectivity index (χ3v) is 5.39. The fourth-order valence-electron chi connectivity index (χ4n) is 2.68. The van der Waals surface area contributed by atoms with Crippen molar-refractivity contribution < 1.29 is 9.59 Å². The molecule has 1 saturated heterocycles. The molecule has 5 nitrogen and oxygen atoms in total. The van der Waals surface area contributed by atoms with E-state index in [4.69, 9.17) is 17.3 Å². The molecule has 3 rings (SSSR count). The zero-order valence-corrected chi connectivity index (χ0v) is 16.0. The monoisotopic (exact) mass is 387 g/mol. The first kappa shape index (κ1) is 18.5. The Morgan fingerprint density at radius 1 is 1.19 bits per heavy atom. The number of aliphatic imine (C=N–C) groups is 1. The first-order valence-electron chi connectivity index (χ1n) is 8.05. The number of aryl methyl sites for hydroxylation is 2. The molecule has 0 saturated carbocycles. The smallest absolute Gasteiger partial charge is 0.247 e. The summed E-state index contributed by atoms with van der Waals surface area (Å²) in [7, 11) is 0. The van der Waals surface area contributed by atoms with Crippen molar-refractivity contribution in [2.24, 2.45) is 10.7 Å². The first-order valence-corrected chi connectivity index (χ1v) is 9.31. The summed E-state index contributed by atoms with van der Waals surface area (Å²) in [6.45, 7) is 4.02. The number of amidine groups is 1. The van der Waals surface area contributed by atoms with Crippen LogP contribution in [0.5, 0.6) is 0 Å². The van der Waals surface area contributed by atoms with Crippen molar-refractivity contribution in [1.82, 2.24) is 0 Å². The largest absolute Gasteiger partial charge is 0.378 e. The molecule has 0 spiro atoms. The minimum atomic E-state index is -0.586. The molecule has 2 amide bonds. The highest BCUT2D eigenvalue weighted by Gasteiger charge is 2.40. The summed E-state index contributed by atoms with van der Waals surface area (Å²) >= 11 is 7.07. The van der Waals surface area contributed by atoms with Gasteiger partial charge in [0.15, 0.2) is 5.17 Å². The summed E-state index contributed by atoms with van der Waals surface area (Å²) in [6, 6.07) is 12.4. The number of halogens is 1. The molecular weight excluding hydrogens is 370 g/mol. The lowest BCUT2D eigenvalue weighted by molar-refractivity contribution is -0.121. The molecule has 134 valence electrons. The molecule has 0 bridgehead atoms. The van der Waals surface area contributed by atoms with Gasteiger partial charge >= 0.3 is 0 Å². The molecule has 1 heterocycles. The van der Waals surface area contributed by atoms with E-state index in [0.717, 1.165) is 27.9 Å². The number of benzene rings is 2. The normalized spacial score (nSPS) is 17.9. The predicted octanol–water partition coefficient (Wildman–Crippen LogP) is 3.97. The molecule has 1 aliphatic rings. The van der Waals surface area contributed by atoms with Gasteiger partial charge in [-0.05, 0) is 55.3 Å². The molecule has 1 aliphatic heterocycles. The maximum Gasteiger partial charge on any atom is 0.247 e. The Bertz CT molecular complexity index is 913. The van der Waals surface area contributed by atoms with Crippen LogP contribution in [0.4, 0.5) is 11.4 Å². The molecule has 0 aromatic heterocycles. The van der Waals surface area contributed by atoms with Crippen LogP contribution in [0, 0.1) is 13.8 Å². The van der Waals surface area contributed by atoms with Gasteiger partial charge in [0.1, 0.15) is 5.25 Å². The van der Waals surface area contributed by atoms with Crippen molar-refractivity contribution in [3.63, 3.8) is 0 Å². The number of amides is 2. The van der Waals surface area contributed by atoms with Crippen LogP contribution in [0.15, 0.2) is 47.5 Å². The van der Waals surface area contributed by atoms with Gasteiger partial charge in [-0.2, -0.15) is 0 Å². The molecule has 0 radical (unpaired) electrons. The number of rotatable bonds is 3. The summed E-state index contributed by atoms with van der Waals surface area (Å²) in [5, 5.41) is 0.138. The molecule has 7 heteroatoms. The Kier molecular flexibility index (Phi) is 5.34. The summed E-state index contributed by atoms with van der Waals surface area (Å²) < 4.78 is 0. The van der Waals surface area contributed by atoms with E-state index in [2.05, 4.69) is 4.99 Å². The maximum absolute atomic E-state index is 12.6. The van der Waals surface area contributed by atoms with E-state index in [1.807, 2.05) is 32.0 Å². The van der Waals surface area contributed by atoms with Gasteiger partial charge in [-0.1, -0.05) is 35.5 Å². The number of nitrogens with two attached hydrogens (primary N) is 1. The molecule has 1 fully saturated rings. The predicted molar refractivity (Wildman–Crippen MR) is 107 cm³/mol. The van der Waals surface area contributed by atoms with Gasteiger partial charge in [0.25, 0.3) is 0 Å². The standard InChI is InChI=1S/C19H18ClN3O2S/c1-11-6-7-14(8-12(11)2)22-19(21)26-16-10-17(24)23(18(16)25)15-5-3-4-13(20)9-15/h3-9,16H,10H2,1-2H3,(H2,21,22). The van der Waals surface area contributed by atoms with Gasteiger partial charge in [-0.25, -0.2) is 9.89 Å². The SMILES string of the molecule is Cc1ccc(N=C(N)SC2CC(=O)N(c3cccc(Cl)c3)C2=O)cc1C. The molecule has 2 aromatic rings. The number of thioether (sulfide) groups is 1. The van der Waals surface area contributed by atoms with Crippen molar-refractivity contribution in [3.05, 3.63) is 58.6 Å². The van der Waals surface area contributed by atoms with Crippen LogP contribution in [-0.4, -0.2) is 22.2 Å². The second-order valence-electron chi connectivity index (χ2n) is 6.08. The van der Waals surface area contributed by atoms with Crippen molar-refractivity contribution in [3.8, 4) is 0 Å². The zero-order valence-electron chi connectivity index (χ0n) is 14.4. The fourth-order valence-corrected chi connectivity index (χ4v) is 3.74. The van der Waals surface area contributed by atoms with Gasteiger partial charge in [-0.15, -0.1) is 0 Å². The summed E-state index contributed by atoms with van der Waals surface area (Å²) in [5.41, 5.74) is 9.48. The van der Waals surface area contributed by atoms with Crippen molar-refractivity contribution in [2.75, 3.05) is 4.90 Å². The number of imide groups is 1. The maximum atomic E-state index is 12.6. The highest BCUT2D eigenvalue weighted by molar-refractivity contribution is 8.15. The van der Waals surface area contributed by atoms with E-state index < -0.39 is 5.25 Å². The minimum absolute atomic E-state index is 0.0825. The molecule has 1 atom stereocenters. The van der Waals surface area contributed by atoms with Gasteiger partial charge < -0.3 is 5.73 Å². The molecular formula is C19H18ClN3O2S. The first-order chi connectivity index (χ1) is 12.3. The number of hydrogen-bond donors (Lipinski definition) is 1. The number of hydrogen-bond acceptors (Lipinski definition) is 4. The van der Waals surface area contributed by atoms with Crippen LogP contribution in [0.2, 0.25) is 5.02 Å². The van der Waals surface area contributed by atoms with Crippen molar-refractivity contribution >= 4 is 51.7 Å². The lowest BCUT2D eigenvalue weighted by atomic mass is 10.1. The van der Waals surface area contributed by atoms with E-state index in [-0.39, 0.29) is 23.4 Å². The Morgan fingerprint density at radius 3 is 2.65 bits per heavy atom. The number of anilines is 1. The van der Waals surface area contributed by atoms with Crippen LogP contribution in [0.1, 0.15) is 17.5 Å². The Balaban J connectivity index is 1.76. The third-order valence-electron chi connectivity index (χ3n) is 4.16. The van der Waals surface area contributed by atoms with Crippen LogP contribution in [-0.2, 0) is 9.59 Å². The van der Waals surface area contributed by atoms with E-state index in [0.29, 0.717) is 10.7 Å². The Morgan fingerprint density at radius 2 is 1.96 bits per heavy atom. The van der Waals surface area contributed by atoms with E-state index in [1.165, 1.54) is 5.56 Å². The van der Waals surface area contributed by atoms with E-state index in [9.17, 15) is 9.59 Å². The Hall–Kier alpha value is -2.31. The molecule has 0 aliphatic carbocycles. The lowest BCUT2D eigenvalue weighted by Gasteiger charge is -2.15. The van der Waals surface area contributed by atoms with Gasteiger partial charge in [0, 0.05) is 11.4 Å². The van der Waals surface area contributed by atoms with Crippen LogP contribution >= 0.6 is 23.4 Å². The molecule has 1 unspecified atom stereocenters. The fraction of sp³-hybridized carbons (Fsp3) is 0.211. The van der Waals surface area contributed by atoms with Crippen LogP contribution < -0.4 is 10.6 Å². The minimum Gasteiger partial charge on any atom is -0.378 e. The topological polar surface area (TPSA) is 75.8 Å². The summed E-state index contributed by atoms with van der Waals surface area (Å²) in [5.74, 6) is -0.575. The average Bonchev–Trinajstić information content (AvgIpc) is 2.84. The summed E-state index contributed by atoms with van der Waals surface area (Å²) in [6.07, 6.45) is 0.0825.